The molecule has 0 heterocycles. The van der Waals surface area contributed by atoms with Gasteiger partial charge in [0.15, 0.2) is 0 Å². The zero-order chi connectivity index (χ0) is 12.5. The van der Waals surface area contributed by atoms with Gasteiger partial charge in [0.2, 0.25) is 0 Å². The zero-order valence-electron chi connectivity index (χ0n) is 9.98. The van der Waals surface area contributed by atoms with Gasteiger partial charge in [-0.15, -0.1) is 0 Å². The molecule has 0 N–H and O–H groups in total. The molecule has 0 aromatic heterocycles. The van der Waals surface area contributed by atoms with Gasteiger partial charge < -0.3 is 0 Å². The Bertz CT molecular complexity index is 371. The lowest BCUT2D eigenvalue weighted by Gasteiger charge is -2.19. The number of hydrogen-bond acceptors (Lipinski definition) is 0. The normalized spacial score (nSPS) is 18.1. The summed E-state index contributed by atoms with van der Waals surface area (Å²) in [4.78, 5) is 0. The summed E-state index contributed by atoms with van der Waals surface area (Å²) in [7, 11) is 0. The van der Waals surface area contributed by atoms with Crippen molar-refractivity contribution >= 4 is 0 Å². The number of hydrogen-bond donors (Lipinski definition) is 0. The minimum atomic E-state index is -4.10. The predicted molar refractivity (Wildman–Crippen MR) is 62.0 cm³/mol. The van der Waals surface area contributed by atoms with E-state index in [1.165, 1.54) is 0 Å². The van der Waals surface area contributed by atoms with Crippen molar-refractivity contribution < 1.29 is 13.2 Å². The second-order valence-corrected chi connectivity index (χ2v) is 4.88. The molecule has 0 amide bonds. The number of unbranched alkanes of at least 4 members (excludes halogenated alkanes) is 1. The van der Waals surface area contributed by atoms with E-state index in [-0.39, 0.29) is 12.8 Å². The first-order chi connectivity index (χ1) is 7.99. The molecule has 0 atom stereocenters. The molecule has 1 aromatic carbocycles. The Kier molecular flexibility index (Phi) is 3.19. The third-order valence-electron chi connectivity index (χ3n) is 3.62. The Balaban J connectivity index is 2.13. The lowest BCUT2D eigenvalue weighted by Crippen LogP contribution is -2.28. The van der Waals surface area contributed by atoms with Gasteiger partial charge in [-0.2, -0.15) is 13.2 Å². The van der Waals surface area contributed by atoms with Crippen molar-refractivity contribution in [2.75, 3.05) is 0 Å². The minimum Gasteiger partial charge on any atom is -0.170 e. The average Bonchev–Trinajstić information content (AvgIpc) is 3.07. The van der Waals surface area contributed by atoms with Crippen LogP contribution < -0.4 is 0 Å². The molecule has 1 aliphatic rings. The van der Waals surface area contributed by atoms with Crippen LogP contribution in [0.15, 0.2) is 24.3 Å². The van der Waals surface area contributed by atoms with Crippen LogP contribution >= 0.6 is 0 Å². The van der Waals surface area contributed by atoms with E-state index in [4.69, 9.17) is 0 Å². The summed E-state index contributed by atoms with van der Waals surface area (Å²) in [6.45, 7) is 2.11. The first kappa shape index (κ1) is 12.5. The van der Waals surface area contributed by atoms with Crippen LogP contribution in [-0.2, 0) is 11.8 Å². The highest BCUT2D eigenvalue weighted by Gasteiger charge is 2.64. The standard InChI is InChI=1S/C14H17F3/c1-2-3-4-11-5-7-12(8-6-11)13(9-10-13)14(15,16)17/h5-8H,2-4,9-10H2,1H3. The van der Waals surface area contributed by atoms with Crippen LogP contribution in [0.4, 0.5) is 13.2 Å². The van der Waals surface area contributed by atoms with E-state index in [0.29, 0.717) is 5.56 Å². The lowest BCUT2D eigenvalue weighted by molar-refractivity contribution is -0.160. The molecular weight excluding hydrogens is 225 g/mol. The highest BCUT2D eigenvalue weighted by atomic mass is 19.4. The van der Waals surface area contributed by atoms with E-state index in [0.717, 1.165) is 24.8 Å². The second kappa shape index (κ2) is 4.35. The van der Waals surface area contributed by atoms with Gasteiger partial charge >= 0.3 is 6.18 Å². The summed E-state index contributed by atoms with van der Waals surface area (Å²) in [6, 6.07) is 7.00. The highest BCUT2D eigenvalue weighted by Crippen LogP contribution is 2.58. The topological polar surface area (TPSA) is 0 Å². The van der Waals surface area contributed by atoms with E-state index in [1.54, 1.807) is 12.1 Å². The van der Waals surface area contributed by atoms with Gasteiger partial charge in [0.1, 0.15) is 0 Å². The van der Waals surface area contributed by atoms with Gasteiger partial charge in [0.05, 0.1) is 5.41 Å². The largest absolute Gasteiger partial charge is 0.398 e. The Morgan fingerprint density at radius 3 is 2.12 bits per heavy atom. The molecule has 0 saturated heterocycles. The molecule has 0 aliphatic heterocycles. The molecule has 0 radical (unpaired) electrons. The molecular formula is C14H17F3. The molecule has 0 spiro atoms. The fraction of sp³-hybridized carbons (Fsp3) is 0.571. The molecule has 0 unspecified atom stereocenters. The summed E-state index contributed by atoms with van der Waals surface area (Å²) in [5.41, 5.74) is 0.0369. The summed E-state index contributed by atoms with van der Waals surface area (Å²) in [5.74, 6) is 0. The molecule has 0 bridgehead atoms. The molecule has 17 heavy (non-hydrogen) atoms. The lowest BCUT2D eigenvalue weighted by atomic mass is 9.93. The number of rotatable bonds is 4. The number of aryl methyl sites for hydroxylation is 1. The predicted octanol–water partition coefficient (Wildman–Crippen LogP) is 4.62. The quantitative estimate of drug-likeness (QED) is 0.722. The SMILES string of the molecule is CCCCc1ccc(C2(C(F)(F)F)CC2)cc1. The van der Waals surface area contributed by atoms with Crippen molar-refractivity contribution in [3.05, 3.63) is 35.4 Å². The Morgan fingerprint density at radius 1 is 1.12 bits per heavy atom. The fourth-order valence-corrected chi connectivity index (χ4v) is 2.23. The number of benzene rings is 1. The maximum Gasteiger partial charge on any atom is 0.398 e. The van der Waals surface area contributed by atoms with E-state index < -0.39 is 11.6 Å². The average molecular weight is 242 g/mol. The molecule has 3 heteroatoms. The van der Waals surface area contributed by atoms with E-state index in [9.17, 15) is 13.2 Å². The second-order valence-electron chi connectivity index (χ2n) is 4.88. The van der Waals surface area contributed by atoms with Crippen molar-refractivity contribution in [1.29, 1.82) is 0 Å². The first-order valence-electron chi connectivity index (χ1n) is 6.16. The monoisotopic (exact) mass is 242 g/mol. The molecule has 1 aliphatic carbocycles. The van der Waals surface area contributed by atoms with Crippen LogP contribution in [0.5, 0.6) is 0 Å². The van der Waals surface area contributed by atoms with Crippen molar-refractivity contribution in [3.8, 4) is 0 Å². The van der Waals surface area contributed by atoms with Crippen LogP contribution in [0, 0.1) is 0 Å². The molecule has 0 nitrogen and oxygen atoms in total. The zero-order valence-corrected chi connectivity index (χ0v) is 9.98. The third-order valence-corrected chi connectivity index (χ3v) is 3.62. The smallest absolute Gasteiger partial charge is 0.170 e. The summed E-state index contributed by atoms with van der Waals surface area (Å²) >= 11 is 0. The minimum absolute atomic E-state index is 0.241. The van der Waals surface area contributed by atoms with Crippen molar-refractivity contribution in [2.45, 2.75) is 50.6 Å². The van der Waals surface area contributed by atoms with Crippen LogP contribution in [0.2, 0.25) is 0 Å². The molecule has 1 saturated carbocycles. The molecule has 1 aromatic rings. The molecule has 2 rings (SSSR count). The van der Waals surface area contributed by atoms with E-state index in [1.807, 2.05) is 12.1 Å². The van der Waals surface area contributed by atoms with Gasteiger partial charge in [-0.05, 0) is 36.8 Å². The van der Waals surface area contributed by atoms with Crippen LogP contribution in [-0.4, -0.2) is 6.18 Å². The van der Waals surface area contributed by atoms with Crippen molar-refractivity contribution in [1.82, 2.24) is 0 Å². The molecule has 1 fully saturated rings. The van der Waals surface area contributed by atoms with Crippen LogP contribution in [0.3, 0.4) is 0 Å². The van der Waals surface area contributed by atoms with Crippen molar-refractivity contribution in [3.63, 3.8) is 0 Å². The van der Waals surface area contributed by atoms with Gasteiger partial charge in [0, 0.05) is 0 Å². The van der Waals surface area contributed by atoms with Gasteiger partial charge in [-0.1, -0.05) is 37.6 Å². The maximum absolute atomic E-state index is 12.9. The van der Waals surface area contributed by atoms with E-state index in [2.05, 4.69) is 6.92 Å². The van der Waals surface area contributed by atoms with Crippen LogP contribution in [0.1, 0.15) is 43.7 Å². The summed E-state index contributed by atoms with van der Waals surface area (Å²) in [5, 5.41) is 0. The maximum atomic E-state index is 12.9. The first-order valence-corrected chi connectivity index (χ1v) is 6.16. The van der Waals surface area contributed by atoms with Gasteiger partial charge in [0.25, 0.3) is 0 Å². The molecule has 94 valence electrons. The number of halogens is 3. The fourth-order valence-electron chi connectivity index (χ4n) is 2.23. The van der Waals surface area contributed by atoms with Gasteiger partial charge in [-0.3, -0.25) is 0 Å². The Labute approximate surface area is 99.8 Å². The highest BCUT2D eigenvalue weighted by molar-refractivity contribution is 5.35. The Morgan fingerprint density at radius 2 is 1.71 bits per heavy atom. The van der Waals surface area contributed by atoms with Crippen molar-refractivity contribution in [2.24, 2.45) is 0 Å². The number of alkyl halides is 3. The van der Waals surface area contributed by atoms with Crippen LogP contribution in [0.25, 0.3) is 0 Å². The third kappa shape index (κ3) is 2.33. The van der Waals surface area contributed by atoms with E-state index >= 15 is 0 Å². The Hall–Kier alpha value is -0.990. The summed E-state index contributed by atoms with van der Waals surface area (Å²) in [6.07, 6.45) is -0.471. The van der Waals surface area contributed by atoms with Gasteiger partial charge in [-0.25, -0.2) is 0 Å². The summed E-state index contributed by atoms with van der Waals surface area (Å²) < 4.78 is 38.7.